The lowest BCUT2D eigenvalue weighted by molar-refractivity contribution is -0.761. The largest absolute Gasteiger partial charge is 0.411 e. The van der Waals surface area contributed by atoms with Crippen molar-refractivity contribution in [1.29, 1.82) is 0 Å². The van der Waals surface area contributed by atoms with E-state index in [1.54, 1.807) is 24.3 Å². The molecule has 0 radical (unpaired) electrons. The van der Waals surface area contributed by atoms with Crippen LogP contribution in [-0.2, 0) is 6.54 Å². The molecule has 2 aromatic carbocycles. The van der Waals surface area contributed by atoms with Gasteiger partial charge in [-0.1, -0.05) is 59.1 Å². The molecule has 168 valence electrons. The Morgan fingerprint density at radius 3 is 2.28 bits per heavy atom. The number of aromatic nitrogens is 3. The van der Waals surface area contributed by atoms with Crippen LogP contribution in [0, 0.1) is 0 Å². The predicted octanol–water partition coefficient (Wildman–Crippen LogP) is 1.94. The van der Waals surface area contributed by atoms with Gasteiger partial charge < -0.3 is 15.3 Å². The SMILES string of the molecule is O=C(Nc1ccccc1)c1c(=O)n(-c2ccccc2)[nH][n+]1C[C@H](O)CN1CCCCCC1. The molecular weight excluding hydrogens is 406 g/mol. The standard InChI is InChI=1S/C24H29N5O3/c30-21(17-27-15-9-1-2-10-16-27)18-28-22(23(31)25-19-11-5-3-6-12-19)24(32)29(26-28)20-13-7-4-8-14-20/h3-8,11-14,21,30H,1-2,9-10,15-18H2,(H-,25,26,31,32)/p+1/t21-/m1/s1. The Kier molecular flexibility index (Phi) is 7.14. The number of benzene rings is 2. The molecule has 0 spiro atoms. The predicted molar refractivity (Wildman–Crippen MR) is 122 cm³/mol. The Bertz CT molecular complexity index is 1070. The average Bonchev–Trinajstić information content (AvgIpc) is 2.95. The van der Waals surface area contributed by atoms with Gasteiger partial charge in [0.15, 0.2) is 5.69 Å². The zero-order valence-corrected chi connectivity index (χ0v) is 18.1. The fourth-order valence-electron chi connectivity index (χ4n) is 4.14. The number of β-amino-alcohol motifs (C(OH)–C–C–N with tert-alkyl or cyclic N) is 1. The molecule has 1 fully saturated rings. The number of amides is 1. The van der Waals surface area contributed by atoms with Gasteiger partial charge in [0.2, 0.25) is 0 Å². The number of hydrogen-bond acceptors (Lipinski definition) is 4. The highest BCUT2D eigenvalue weighted by atomic mass is 16.3. The number of likely N-dealkylation sites (tertiary alicyclic amines) is 1. The minimum Gasteiger partial charge on any atom is -0.388 e. The molecule has 2 heterocycles. The second kappa shape index (κ2) is 10.4. The molecule has 0 saturated carbocycles. The molecular formula is C24H30N5O3+. The maximum Gasteiger partial charge on any atom is 0.411 e. The first-order chi connectivity index (χ1) is 15.6. The second-order valence-electron chi connectivity index (χ2n) is 8.22. The van der Waals surface area contributed by atoms with Crippen molar-refractivity contribution in [2.45, 2.75) is 38.3 Å². The normalized spacial score (nSPS) is 15.8. The third-order valence-electron chi connectivity index (χ3n) is 5.72. The summed E-state index contributed by atoms with van der Waals surface area (Å²) in [5.41, 5.74) is 0.701. The Labute approximate surface area is 187 Å². The van der Waals surface area contributed by atoms with Gasteiger partial charge in [0.05, 0.1) is 0 Å². The highest BCUT2D eigenvalue weighted by Gasteiger charge is 2.31. The number of hydrogen-bond donors (Lipinski definition) is 3. The third-order valence-corrected chi connectivity index (χ3v) is 5.72. The van der Waals surface area contributed by atoms with Crippen LogP contribution in [0.1, 0.15) is 36.2 Å². The van der Waals surface area contributed by atoms with Gasteiger partial charge in [-0.05, 0) is 50.2 Å². The Morgan fingerprint density at radius 1 is 1.00 bits per heavy atom. The number of nitrogens with zero attached hydrogens (tertiary/aromatic N) is 3. The minimum absolute atomic E-state index is 0.0485. The first-order valence-electron chi connectivity index (χ1n) is 11.2. The molecule has 1 aliphatic heterocycles. The number of para-hydroxylation sites is 2. The van der Waals surface area contributed by atoms with Crippen LogP contribution < -0.4 is 15.6 Å². The molecule has 1 saturated heterocycles. The van der Waals surface area contributed by atoms with Gasteiger partial charge in [-0.2, -0.15) is 0 Å². The first kappa shape index (κ1) is 22.0. The highest BCUT2D eigenvalue weighted by Crippen LogP contribution is 2.10. The van der Waals surface area contributed by atoms with E-state index in [-0.39, 0.29) is 12.2 Å². The number of aliphatic hydroxyl groups is 1. The van der Waals surface area contributed by atoms with Crippen molar-refractivity contribution in [3.8, 4) is 5.69 Å². The number of rotatable bonds is 7. The molecule has 8 nitrogen and oxygen atoms in total. The summed E-state index contributed by atoms with van der Waals surface area (Å²) < 4.78 is 2.79. The van der Waals surface area contributed by atoms with Crippen molar-refractivity contribution in [2.24, 2.45) is 0 Å². The van der Waals surface area contributed by atoms with Crippen LogP contribution >= 0.6 is 0 Å². The molecule has 1 aromatic heterocycles. The molecule has 8 heteroatoms. The van der Waals surface area contributed by atoms with Crippen LogP contribution in [0.4, 0.5) is 5.69 Å². The number of nitrogens with one attached hydrogen (secondary N) is 2. The van der Waals surface area contributed by atoms with Crippen molar-refractivity contribution in [3.63, 3.8) is 0 Å². The van der Waals surface area contributed by atoms with Crippen molar-refractivity contribution >= 4 is 11.6 Å². The zero-order chi connectivity index (χ0) is 22.3. The first-order valence-corrected chi connectivity index (χ1v) is 11.2. The molecule has 1 amide bonds. The molecule has 3 N–H and O–H groups in total. The number of carbonyl (C=O) groups is 1. The highest BCUT2D eigenvalue weighted by molar-refractivity contribution is 6.01. The summed E-state index contributed by atoms with van der Waals surface area (Å²) in [5, 5.41) is 16.6. The van der Waals surface area contributed by atoms with Crippen molar-refractivity contribution in [2.75, 3.05) is 25.0 Å². The summed E-state index contributed by atoms with van der Waals surface area (Å²) in [6.07, 6.45) is 3.98. The van der Waals surface area contributed by atoms with E-state index in [1.165, 1.54) is 22.2 Å². The van der Waals surface area contributed by atoms with Gasteiger partial charge in [-0.3, -0.25) is 4.79 Å². The lowest BCUT2D eigenvalue weighted by Crippen LogP contribution is -2.51. The van der Waals surface area contributed by atoms with Crippen LogP contribution in [0.5, 0.6) is 0 Å². The minimum atomic E-state index is -0.719. The van der Waals surface area contributed by atoms with Gasteiger partial charge in [-0.25, -0.2) is 4.79 Å². The summed E-state index contributed by atoms with van der Waals surface area (Å²) in [6.45, 7) is 2.55. The van der Waals surface area contributed by atoms with Crippen molar-refractivity contribution in [3.05, 3.63) is 76.7 Å². The maximum atomic E-state index is 13.2. The summed E-state index contributed by atoms with van der Waals surface area (Å²) >= 11 is 0. The van der Waals surface area contributed by atoms with Gasteiger partial charge in [-0.15, -0.1) is 4.68 Å². The topological polar surface area (TPSA) is 94.2 Å². The monoisotopic (exact) mass is 436 g/mol. The van der Waals surface area contributed by atoms with E-state index in [0.29, 0.717) is 17.9 Å². The molecule has 32 heavy (non-hydrogen) atoms. The van der Waals surface area contributed by atoms with E-state index < -0.39 is 17.6 Å². The van der Waals surface area contributed by atoms with E-state index in [0.717, 1.165) is 25.9 Å². The van der Waals surface area contributed by atoms with Crippen LogP contribution in [0.3, 0.4) is 0 Å². The van der Waals surface area contributed by atoms with Crippen molar-refractivity contribution in [1.82, 2.24) is 14.8 Å². The van der Waals surface area contributed by atoms with E-state index in [4.69, 9.17) is 0 Å². The molecule has 3 aromatic rings. The molecule has 1 aliphatic rings. The van der Waals surface area contributed by atoms with Gasteiger partial charge >= 0.3 is 17.2 Å². The molecule has 1 atom stereocenters. The second-order valence-corrected chi connectivity index (χ2v) is 8.22. The molecule has 0 unspecified atom stereocenters. The fourth-order valence-corrected chi connectivity index (χ4v) is 4.14. The average molecular weight is 437 g/mol. The van der Waals surface area contributed by atoms with Crippen molar-refractivity contribution < 1.29 is 14.6 Å². The Hall–Kier alpha value is -3.23. The molecule has 4 rings (SSSR count). The quantitative estimate of drug-likeness (QED) is 0.494. The fraction of sp³-hybridized carbons (Fsp3) is 0.375. The number of aromatic amines is 1. The van der Waals surface area contributed by atoms with Crippen LogP contribution in [0.2, 0.25) is 0 Å². The summed E-state index contributed by atoms with van der Waals surface area (Å²) in [6, 6.07) is 18.1. The van der Waals surface area contributed by atoms with E-state index in [1.807, 2.05) is 36.4 Å². The van der Waals surface area contributed by atoms with Crippen LogP contribution in [0.15, 0.2) is 65.5 Å². The number of aliphatic hydroxyl groups excluding tert-OH is 1. The summed E-state index contributed by atoms with van der Waals surface area (Å²) in [4.78, 5) is 28.5. The third kappa shape index (κ3) is 5.33. The Balaban J connectivity index is 1.60. The number of anilines is 1. The summed E-state index contributed by atoms with van der Waals surface area (Å²) in [5.74, 6) is -0.519. The maximum absolute atomic E-state index is 13.2. The lowest BCUT2D eigenvalue weighted by Gasteiger charge is -2.22. The Morgan fingerprint density at radius 2 is 1.62 bits per heavy atom. The smallest absolute Gasteiger partial charge is 0.388 e. The number of H-pyrrole nitrogens is 1. The zero-order valence-electron chi connectivity index (χ0n) is 18.1. The van der Waals surface area contributed by atoms with E-state index >= 15 is 0 Å². The van der Waals surface area contributed by atoms with Crippen LogP contribution in [0.25, 0.3) is 5.69 Å². The van der Waals surface area contributed by atoms with Gasteiger partial charge in [0.1, 0.15) is 12.6 Å². The molecule has 0 aliphatic carbocycles. The van der Waals surface area contributed by atoms with Crippen LogP contribution in [-0.4, -0.2) is 51.5 Å². The summed E-state index contributed by atoms with van der Waals surface area (Å²) in [7, 11) is 0. The lowest BCUT2D eigenvalue weighted by atomic mass is 10.2. The van der Waals surface area contributed by atoms with Gasteiger partial charge in [0.25, 0.3) is 0 Å². The molecule has 0 bridgehead atoms. The van der Waals surface area contributed by atoms with Gasteiger partial charge in [0, 0.05) is 12.2 Å². The number of carbonyl (C=O) groups excluding carboxylic acids is 1. The van der Waals surface area contributed by atoms with E-state index in [2.05, 4.69) is 15.4 Å². The van der Waals surface area contributed by atoms with E-state index in [9.17, 15) is 14.7 Å².